The number of nitrogens with one attached hydrogen (secondary N) is 1. The molecule has 1 aliphatic rings. The number of fused-ring (bicyclic) bond motifs is 1. The Morgan fingerprint density at radius 1 is 0.837 bits per heavy atom. The number of ether oxygens (including phenoxy) is 3. The molecule has 1 aliphatic heterocycles. The molecule has 0 saturated heterocycles. The Morgan fingerprint density at radius 2 is 1.51 bits per heavy atom. The molecule has 1 N–H and O–H groups in total. The van der Waals surface area contributed by atoms with Crippen molar-refractivity contribution in [3.63, 3.8) is 0 Å². The second kappa shape index (κ2) is 14.2. The normalized spacial score (nSPS) is 14.3. The second-order valence-electron chi connectivity index (χ2n) is 11.5. The first-order valence-electron chi connectivity index (χ1n) is 15.7. The fraction of sp³-hybridized carbons (Fsp3) is 0.184. The van der Waals surface area contributed by atoms with Crippen molar-refractivity contribution in [3.05, 3.63) is 136 Å². The van der Waals surface area contributed by atoms with Crippen LogP contribution in [0.3, 0.4) is 0 Å². The van der Waals surface area contributed by atoms with Gasteiger partial charge >= 0.3 is 0 Å². The number of halogens is 1. The molecule has 1 atom stereocenters. The number of benzene rings is 5. The first kappa shape index (κ1) is 33.9. The minimum atomic E-state index is -4.07. The third-order valence-corrected chi connectivity index (χ3v) is 10.3. The maximum atomic E-state index is 14.8. The molecule has 9 nitrogen and oxygen atoms in total. The standard InChI is InChI=1S/C38H36BrN3O6S/c1-5-48-29-17-13-27(14-18-29)40-49(44,45)30-19-20-34-32(21-30)38(43)42(28-15-11-25(2)12-16-28)37(41(34)24-26-9-7-6-8-10-26)31-22-35(46-3)36(47-4)23-33(31)39/h6-23,37,40H,5,24H2,1-4H3/t37-/m0/s1. The van der Waals surface area contributed by atoms with E-state index >= 15 is 0 Å². The maximum Gasteiger partial charge on any atom is 0.262 e. The van der Waals surface area contributed by atoms with Crippen molar-refractivity contribution in [2.45, 2.75) is 31.5 Å². The number of amides is 1. The lowest BCUT2D eigenvalue weighted by atomic mass is 9.98. The number of methoxy groups -OCH3 is 2. The quantitative estimate of drug-likeness (QED) is 0.145. The third kappa shape index (κ3) is 6.95. The number of carbonyl (C=O) groups is 1. The molecule has 0 unspecified atom stereocenters. The van der Waals surface area contributed by atoms with E-state index in [-0.39, 0.29) is 16.4 Å². The van der Waals surface area contributed by atoms with Crippen LogP contribution in [0.25, 0.3) is 0 Å². The molecule has 0 fully saturated rings. The average Bonchev–Trinajstić information content (AvgIpc) is 3.11. The Kier molecular flexibility index (Phi) is 9.84. The summed E-state index contributed by atoms with van der Waals surface area (Å²) < 4.78 is 47.5. The van der Waals surface area contributed by atoms with Gasteiger partial charge in [0.2, 0.25) is 0 Å². The van der Waals surface area contributed by atoms with E-state index in [1.807, 2.05) is 80.6 Å². The van der Waals surface area contributed by atoms with E-state index in [0.29, 0.717) is 51.9 Å². The second-order valence-corrected chi connectivity index (χ2v) is 14.0. The van der Waals surface area contributed by atoms with Crippen LogP contribution in [0, 0.1) is 6.92 Å². The Bertz CT molecular complexity index is 2070. The van der Waals surface area contributed by atoms with Crippen molar-refractivity contribution >= 4 is 48.9 Å². The fourth-order valence-electron chi connectivity index (χ4n) is 5.91. The Morgan fingerprint density at radius 3 is 2.16 bits per heavy atom. The van der Waals surface area contributed by atoms with E-state index in [4.69, 9.17) is 14.2 Å². The van der Waals surface area contributed by atoms with Crippen molar-refractivity contribution in [3.8, 4) is 17.2 Å². The molecular formula is C38H36BrN3O6S. The lowest BCUT2D eigenvalue weighted by Crippen LogP contribution is -2.49. The van der Waals surface area contributed by atoms with Crippen molar-refractivity contribution in [1.29, 1.82) is 0 Å². The van der Waals surface area contributed by atoms with Gasteiger partial charge in [0.25, 0.3) is 15.9 Å². The van der Waals surface area contributed by atoms with Gasteiger partial charge in [0.15, 0.2) is 11.5 Å². The average molecular weight is 743 g/mol. The van der Waals surface area contributed by atoms with Gasteiger partial charge in [-0.15, -0.1) is 0 Å². The first-order chi connectivity index (χ1) is 23.6. The van der Waals surface area contributed by atoms with Gasteiger partial charge in [-0.2, -0.15) is 0 Å². The van der Waals surface area contributed by atoms with Crippen LogP contribution in [0.1, 0.15) is 40.1 Å². The Labute approximate surface area is 295 Å². The minimum Gasteiger partial charge on any atom is -0.494 e. The van der Waals surface area contributed by atoms with Gasteiger partial charge in [-0.25, -0.2) is 8.42 Å². The summed E-state index contributed by atoms with van der Waals surface area (Å²) in [5, 5.41) is 0. The van der Waals surface area contributed by atoms with E-state index in [9.17, 15) is 13.2 Å². The van der Waals surface area contributed by atoms with Gasteiger partial charge in [0, 0.05) is 28.0 Å². The summed E-state index contributed by atoms with van der Waals surface area (Å²) in [5.74, 6) is 1.32. The first-order valence-corrected chi connectivity index (χ1v) is 17.9. The Hall–Kier alpha value is -5.00. The summed E-state index contributed by atoms with van der Waals surface area (Å²) in [6, 6.07) is 32.7. The predicted molar refractivity (Wildman–Crippen MR) is 195 cm³/mol. The molecule has 0 bridgehead atoms. The fourth-order valence-corrected chi connectivity index (χ4v) is 7.52. The van der Waals surface area contributed by atoms with Crippen LogP contribution in [0.4, 0.5) is 17.1 Å². The van der Waals surface area contributed by atoms with Crippen molar-refractivity contribution in [1.82, 2.24) is 0 Å². The number of rotatable bonds is 11. The number of carbonyl (C=O) groups excluding carboxylic acids is 1. The van der Waals surface area contributed by atoms with Crippen LogP contribution in [0.5, 0.6) is 17.2 Å². The molecular weight excluding hydrogens is 706 g/mol. The molecule has 0 aromatic heterocycles. The summed E-state index contributed by atoms with van der Waals surface area (Å²) in [6.07, 6.45) is -0.665. The number of nitrogens with zero attached hydrogens (tertiary/aromatic N) is 2. The van der Waals surface area contributed by atoms with Gasteiger partial charge in [-0.3, -0.25) is 14.4 Å². The van der Waals surface area contributed by atoms with Crippen LogP contribution < -0.4 is 28.7 Å². The van der Waals surface area contributed by atoms with Gasteiger partial charge in [0.1, 0.15) is 11.9 Å². The lowest BCUT2D eigenvalue weighted by Gasteiger charge is -2.46. The predicted octanol–water partition coefficient (Wildman–Crippen LogP) is 8.34. The Balaban J connectivity index is 1.52. The van der Waals surface area contributed by atoms with Crippen LogP contribution in [-0.2, 0) is 16.6 Å². The molecule has 0 spiro atoms. The molecule has 5 aromatic carbocycles. The summed E-state index contributed by atoms with van der Waals surface area (Å²) >= 11 is 3.76. The summed E-state index contributed by atoms with van der Waals surface area (Å²) in [7, 11) is -0.927. The molecule has 0 saturated carbocycles. The smallest absolute Gasteiger partial charge is 0.262 e. The van der Waals surface area contributed by atoms with Crippen LogP contribution in [0.15, 0.2) is 119 Å². The summed E-state index contributed by atoms with van der Waals surface area (Å²) in [6.45, 7) is 4.77. The number of sulfonamides is 1. The van der Waals surface area contributed by atoms with Crippen LogP contribution >= 0.6 is 15.9 Å². The SMILES string of the molecule is CCOc1ccc(NS(=O)(=O)c2ccc3c(c2)C(=O)N(c2ccc(C)cc2)[C@@H](c2cc(OC)c(OC)cc2Br)N3Cc2ccccc2)cc1. The van der Waals surface area contributed by atoms with Crippen LogP contribution in [-0.4, -0.2) is 35.2 Å². The highest BCUT2D eigenvalue weighted by Crippen LogP contribution is 2.47. The van der Waals surface area contributed by atoms with Gasteiger partial charge < -0.3 is 19.1 Å². The van der Waals surface area contributed by atoms with E-state index in [1.54, 1.807) is 49.5 Å². The molecule has 5 aromatic rings. The third-order valence-electron chi connectivity index (χ3n) is 8.28. The maximum absolute atomic E-state index is 14.8. The van der Waals surface area contributed by atoms with Gasteiger partial charge in [-0.05, 0) is 86.1 Å². The van der Waals surface area contributed by atoms with Crippen LogP contribution in [0.2, 0.25) is 0 Å². The topological polar surface area (TPSA) is 97.4 Å². The van der Waals surface area contributed by atoms with E-state index in [1.165, 1.54) is 12.1 Å². The zero-order chi connectivity index (χ0) is 34.7. The van der Waals surface area contributed by atoms with Crippen molar-refractivity contribution in [2.75, 3.05) is 35.3 Å². The van der Waals surface area contributed by atoms with Crippen molar-refractivity contribution in [2.24, 2.45) is 0 Å². The summed E-state index contributed by atoms with van der Waals surface area (Å²) in [4.78, 5) is 18.6. The highest BCUT2D eigenvalue weighted by atomic mass is 79.9. The molecule has 1 heterocycles. The zero-order valence-corrected chi connectivity index (χ0v) is 29.9. The molecule has 49 heavy (non-hydrogen) atoms. The molecule has 1 amide bonds. The highest BCUT2D eigenvalue weighted by molar-refractivity contribution is 9.10. The largest absolute Gasteiger partial charge is 0.494 e. The highest BCUT2D eigenvalue weighted by Gasteiger charge is 2.41. The van der Waals surface area contributed by atoms with Crippen molar-refractivity contribution < 1.29 is 27.4 Å². The number of anilines is 3. The molecule has 11 heteroatoms. The number of aryl methyl sites for hydroxylation is 1. The number of hydrogen-bond donors (Lipinski definition) is 1. The minimum absolute atomic E-state index is 0.0391. The van der Waals surface area contributed by atoms with E-state index in [2.05, 4.69) is 25.6 Å². The zero-order valence-electron chi connectivity index (χ0n) is 27.5. The summed E-state index contributed by atoms with van der Waals surface area (Å²) in [5.41, 5.74) is 4.64. The van der Waals surface area contributed by atoms with Gasteiger partial charge in [0.05, 0.1) is 37.0 Å². The molecule has 0 radical (unpaired) electrons. The molecule has 252 valence electrons. The van der Waals surface area contributed by atoms with E-state index in [0.717, 1.165) is 16.7 Å². The monoisotopic (exact) mass is 741 g/mol. The van der Waals surface area contributed by atoms with Gasteiger partial charge in [-0.1, -0.05) is 64.0 Å². The van der Waals surface area contributed by atoms with E-state index < -0.39 is 16.2 Å². The lowest BCUT2D eigenvalue weighted by molar-refractivity contribution is 0.0967. The molecule has 0 aliphatic carbocycles. The molecule has 6 rings (SSSR count). The number of hydrogen-bond acceptors (Lipinski definition) is 7.